The molecule has 0 unspecified atom stereocenters. The second-order valence-electron chi connectivity index (χ2n) is 6.63. The molecule has 0 aliphatic rings. The molecule has 162 valence electrons. The fraction of sp³-hybridized carbons (Fsp3) is 0.364. The molecule has 2 amide bonds. The molecule has 0 radical (unpaired) electrons. The molecule has 0 heterocycles. The van der Waals surface area contributed by atoms with Gasteiger partial charge in [-0.1, -0.05) is 36.0 Å². The summed E-state index contributed by atoms with van der Waals surface area (Å²) in [5, 5.41) is 7.03. The number of carbonyl (C=O) groups is 2. The Bertz CT molecular complexity index is 719. The predicted molar refractivity (Wildman–Crippen MR) is 133 cm³/mol. The van der Waals surface area contributed by atoms with Gasteiger partial charge in [-0.25, -0.2) is 0 Å². The van der Waals surface area contributed by atoms with Crippen molar-refractivity contribution in [2.75, 3.05) is 33.6 Å². The van der Waals surface area contributed by atoms with E-state index >= 15 is 0 Å². The Labute approximate surface area is 196 Å². The Morgan fingerprint density at radius 3 is 1.37 bits per heavy atom. The third-order valence-corrected chi connectivity index (χ3v) is 6.64. The highest BCUT2D eigenvalue weighted by Crippen LogP contribution is 2.16. The lowest BCUT2D eigenvalue weighted by Crippen LogP contribution is -2.14. The van der Waals surface area contributed by atoms with Crippen LogP contribution in [0.1, 0.15) is 25.7 Å². The van der Waals surface area contributed by atoms with Gasteiger partial charge in [-0.05, 0) is 72.9 Å². The summed E-state index contributed by atoms with van der Waals surface area (Å²) in [4.78, 5) is 23.8. The Hall–Kier alpha value is -1.34. The number of halogens is 2. The van der Waals surface area contributed by atoms with Crippen LogP contribution in [-0.4, -0.2) is 34.8 Å². The van der Waals surface area contributed by atoms with E-state index in [0.717, 1.165) is 48.6 Å². The van der Waals surface area contributed by atoms with E-state index in [1.165, 1.54) is 0 Å². The summed E-state index contributed by atoms with van der Waals surface area (Å²) in [5.41, 5.74) is 1.54. The number of anilines is 2. The summed E-state index contributed by atoms with van der Waals surface area (Å²) in [6.45, 7) is 0. The van der Waals surface area contributed by atoms with Crippen molar-refractivity contribution in [2.45, 2.75) is 25.7 Å². The smallest absolute Gasteiger partial charge is 0.234 e. The molecule has 0 aliphatic carbocycles. The van der Waals surface area contributed by atoms with Crippen molar-refractivity contribution >= 4 is 69.9 Å². The highest BCUT2D eigenvalue weighted by Gasteiger charge is 2.04. The molecule has 4 nitrogen and oxygen atoms in total. The number of thioether (sulfide) groups is 2. The summed E-state index contributed by atoms with van der Waals surface area (Å²) in [6.07, 6.45) is 4.48. The van der Waals surface area contributed by atoms with Gasteiger partial charge in [-0.2, -0.15) is 23.5 Å². The fourth-order valence-corrected chi connectivity index (χ4v) is 4.42. The Morgan fingerprint density at radius 1 is 0.633 bits per heavy atom. The van der Waals surface area contributed by atoms with Gasteiger partial charge in [0.05, 0.1) is 11.5 Å². The summed E-state index contributed by atoms with van der Waals surface area (Å²) >= 11 is 15.0. The molecule has 8 heteroatoms. The number of benzene rings is 2. The van der Waals surface area contributed by atoms with Crippen LogP contribution in [0, 0.1) is 0 Å². The van der Waals surface area contributed by atoms with Crippen LogP contribution in [0.4, 0.5) is 11.4 Å². The van der Waals surface area contributed by atoms with Crippen LogP contribution in [0.5, 0.6) is 0 Å². The SMILES string of the molecule is O=C(CSCCCCCCSCC(=O)Nc1ccc(Cl)cc1)Nc1ccc(Cl)cc1. The lowest BCUT2D eigenvalue weighted by molar-refractivity contribution is -0.114. The van der Waals surface area contributed by atoms with E-state index < -0.39 is 0 Å². The number of rotatable bonds is 13. The maximum atomic E-state index is 11.9. The van der Waals surface area contributed by atoms with E-state index in [9.17, 15) is 9.59 Å². The van der Waals surface area contributed by atoms with Crippen LogP contribution in [0.2, 0.25) is 10.0 Å². The van der Waals surface area contributed by atoms with Crippen molar-refractivity contribution in [3.8, 4) is 0 Å². The van der Waals surface area contributed by atoms with Gasteiger partial charge in [0.25, 0.3) is 0 Å². The number of hydrogen-bond donors (Lipinski definition) is 2. The largest absolute Gasteiger partial charge is 0.325 e. The number of unbranched alkanes of at least 4 members (excludes halogenated alkanes) is 3. The van der Waals surface area contributed by atoms with Crippen LogP contribution in [0.15, 0.2) is 48.5 Å². The second kappa shape index (κ2) is 14.6. The van der Waals surface area contributed by atoms with Gasteiger partial charge < -0.3 is 10.6 Å². The zero-order chi connectivity index (χ0) is 21.6. The molecular weight excluding hydrogens is 459 g/mol. The van der Waals surface area contributed by atoms with Crippen LogP contribution in [-0.2, 0) is 9.59 Å². The first kappa shape index (κ1) is 24.9. The molecule has 0 spiro atoms. The Balaban J connectivity index is 1.40. The van der Waals surface area contributed by atoms with Gasteiger partial charge in [0.2, 0.25) is 11.8 Å². The van der Waals surface area contributed by atoms with E-state index in [4.69, 9.17) is 23.2 Å². The Morgan fingerprint density at radius 2 is 1.00 bits per heavy atom. The topological polar surface area (TPSA) is 58.2 Å². The molecule has 0 bridgehead atoms. The highest BCUT2D eigenvalue weighted by molar-refractivity contribution is 8.00. The molecule has 0 saturated heterocycles. The molecule has 0 aromatic heterocycles. The standard InChI is InChI=1S/C22H26Cl2N2O2S2/c23-17-5-9-19(10-6-17)25-21(27)15-29-13-3-1-2-4-14-30-16-22(28)26-20-11-7-18(24)8-12-20/h5-12H,1-4,13-16H2,(H,25,27)(H,26,28). The minimum atomic E-state index is 0.00981. The van der Waals surface area contributed by atoms with Gasteiger partial charge in [-0.3, -0.25) is 9.59 Å². The lowest BCUT2D eigenvalue weighted by Gasteiger charge is -2.06. The third kappa shape index (κ3) is 11.2. The normalized spacial score (nSPS) is 10.6. The van der Waals surface area contributed by atoms with Gasteiger partial charge in [0, 0.05) is 21.4 Å². The van der Waals surface area contributed by atoms with E-state index in [0.29, 0.717) is 21.6 Å². The molecule has 2 aromatic rings. The highest BCUT2D eigenvalue weighted by atomic mass is 35.5. The molecule has 2 aromatic carbocycles. The quantitative estimate of drug-likeness (QED) is 0.314. The maximum Gasteiger partial charge on any atom is 0.234 e. The molecule has 0 fully saturated rings. The minimum absolute atomic E-state index is 0.00981. The third-order valence-electron chi connectivity index (χ3n) is 4.05. The van der Waals surface area contributed by atoms with Crippen molar-refractivity contribution in [3.63, 3.8) is 0 Å². The zero-order valence-electron chi connectivity index (χ0n) is 16.7. The summed E-state index contributed by atoms with van der Waals surface area (Å²) in [6, 6.07) is 14.2. The predicted octanol–water partition coefficient (Wildman–Crippen LogP) is 6.60. The molecule has 2 rings (SSSR count). The summed E-state index contributed by atoms with van der Waals surface area (Å²) < 4.78 is 0. The van der Waals surface area contributed by atoms with E-state index in [2.05, 4.69) is 10.6 Å². The molecule has 30 heavy (non-hydrogen) atoms. The number of carbonyl (C=O) groups excluding carboxylic acids is 2. The van der Waals surface area contributed by atoms with Gasteiger partial charge in [0.15, 0.2) is 0 Å². The van der Waals surface area contributed by atoms with Gasteiger partial charge in [0.1, 0.15) is 0 Å². The van der Waals surface area contributed by atoms with E-state index in [1.807, 2.05) is 0 Å². The maximum absolute atomic E-state index is 11.9. The van der Waals surface area contributed by atoms with E-state index in [-0.39, 0.29) is 11.8 Å². The van der Waals surface area contributed by atoms with Crippen molar-refractivity contribution in [1.82, 2.24) is 0 Å². The average Bonchev–Trinajstić information content (AvgIpc) is 2.73. The van der Waals surface area contributed by atoms with Gasteiger partial charge >= 0.3 is 0 Å². The average molecular weight is 486 g/mol. The van der Waals surface area contributed by atoms with Crippen LogP contribution >= 0.6 is 46.7 Å². The van der Waals surface area contributed by atoms with Crippen molar-refractivity contribution in [1.29, 1.82) is 0 Å². The lowest BCUT2D eigenvalue weighted by atomic mass is 10.2. The first-order valence-electron chi connectivity index (χ1n) is 9.79. The molecule has 0 aliphatic heterocycles. The van der Waals surface area contributed by atoms with Crippen LogP contribution in [0.3, 0.4) is 0 Å². The van der Waals surface area contributed by atoms with Crippen molar-refractivity contribution in [2.24, 2.45) is 0 Å². The van der Waals surface area contributed by atoms with Crippen LogP contribution < -0.4 is 10.6 Å². The van der Waals surface area contributed by atoms with E-state index in [1.54, 1.807) is 72.1 Å². The second-order valence-corrected chi connectivity index (χ2v) is 9.71. The minimum Gasteiger partial charge on any atom is -0.325 e. The summed E-state index contributed by atoms with van der Waals surface area (Å²) in [5.74, 6) is 2.89. The molecular formula is C22H26Cl2N2O2S2. The zero-order valence-corrected chi connectivity index (χ0v) is 19.8. The first-order valence-corrected chi connectivity index (χ1v) is 12.9. The van der Waals surface area contributed by atoms with Crippen LogP contribution in [0.25, 0.3) is 0 Å². The van der Waals surface area contributed by atoms with Crippen molar-refractivity contribution in [3.05, 3.63) is 58.6 Å². The molecule has 2 N–H and O–H groups in total. The molecule has 0 atom stereocenters. The molecule has 0 saturated carbocycles. The number of hydrogen-bond acceptors (Lipinski definition) is 4. The first-order chi connectivity index (χ1) is 14.5. The number of amides is 2. The number of nitrogens with one attached hydrogen (secondary N) is 2. The summed E-state index contributed by atoms with van der Waals surface area (Å²) in [7, 11) is 0. The Kier molecular flexibility index (Phi) is 12.2. The van der Waals surface area contributed by atoms with Gasteiger partial charge in [-0.15, -0.1) is 0 Å². The fourth-order valence-electron chi connectivity index (χ4n) is 2.55. The monoisotopic (exact) mass is 484 g/mol. The van der Waals surface area contributed by atoms with Crippen molar-refractivity contribution < 1.29 is 9.59 Å².